The fourth-order valence-electron chi connectivity index (χ4n) is 2.50. The molecular weight excluding hydrogens is 345 g/mol. The highest BCUT2D eigenvalue weighted by atomic mass is 35.5. The average Bonchev–Trinajstić information content (AvgIpc) is 2.44. The van der Waals surface area contributed by atoms with Gasteiger partial charge in [-0.2, -0.15) is 4.31 Å². The average molecular weight is 364 g/mol. The SMILES string of the molecule is CC(=O)Nc1cc(F)c(S(=O)(=O)N2CCNC(C)C2C)cc1Cl. The van der Waals surface area contributed by atoms with Crippen molar-refractivity contribution in [2.45, 2.75) is 37.8 Å². The van der Waals surface area contributed by atoms with Crippen molar-refractivity contribution < 1.29 is 17.6 Å². The molecule has 1 aromatic carbocycles. The number of nitrogens with zero attached hydrogens (tertiary/aromatic N) is 1. The predicted octanol–water partition coefficient (Wildman–Crippen LogP) is 1.81. The minimum atomic E-state index is -4.02. The molecule has 0 radical (unpaired) electrons. The molecule has 1 heterocycles. The number of hydrogen-bond acceptors (Lipinski definition) is 4. The van der Waals surface area contributed by atoms with Crippen LogP contribution in [0.2, 0.25) is 5.02 Å². The van der Waals surface area contributed by atoms with Crippen molar-refractivity contribution in [2.75, 3.05) is 18.4 Å². The summed E-state index contributed by atoms with van der Waals surface area (Å²) in [4.78, 5) is 10.6. The van der Waals surface area contributed by atoms with Crippen LogP contribution in [0.4, 0.5) is 10.1 Å². The summed E-state index contributed by atoms with van der Waals surface area (Å²) in [6, 6.07) is 1.60. The predicted molar refractivity (Wildman–Crippen MR) is 86.5 cm³/mol. The van der Waals surface area contributed by atoms with Gasteiger partial charge in [0.15, 0.2) is 0 Å². The molecule has 1 aliphatic heterocycles. The number of carbonyl (C=O) groups excluding carboxylic acids is 1. The van der Waals surface area contributed by atoms with Gasteiger partial charge in [-0.1, -0.05) is 11.6 Å². The summed E-state index contributed by atoms with van der Waals surface area (Å²) in [5.41, 5.74) is 0.0392. The molecule has 1 amide bonds. The molecule has 9 heteroatoms. The fourth-order valence-corrected chi connectivity index (χ4v) is 4.56. The number of hydrogen-bond donors (Lipinski definition) is 2. The van der Waals surface area contributed by atoms with Gasteiger partial charge < -0.3 is 10.6 Å². The number of carbonyl (C=O) groups is 1. The zero-order valence-corrected chi connectivity index (χ0v) is 14.6. The smallest absolute Gasteiger partial charge is 0.246 e. The number of halogens is 2. The molecule has 128 valence electrons. The van der Waals surface area contributed by atoms with Crippen LogP contribution in [-0.4, -0.2) is 43.8 Å². The van der Waals surface area contributed by atoms with Crippen molar-refractivity contribution >= 4 is 33.2 Å². The summed E-state index contributed by atoms with van der Waals surface area (Å²) in [5.74, 6) is -1.37. The third-order valence-electron chi connectivity index (χ3n) is 3.90. The van der Waals surface area contributed by atoms with Crippen LogP contribution in [0.25, 0.3) is 0 Å². The van der Waals surface area contributed by atoms with Crippen molar-refractivity contribution in [1.29, 1.82) is 0 Å². The molecule has 0 spiro atoms. The van der Waals surface area contributed by atoms with E-state index in [1.54, 1.807) is 6.92 Å². The Morgan fingerprint density at radius 3 is 2.70 bits per heavy atom. The van der Waals surface area contributed by atoms with Gasteiger partial charge >= 0.3 is 0 Å². The van der Waals surface area contributed by atoms with Gasteiger partial charge in [-0.05, 0) is 19.9 Å². The second-order valence-corrected chi connectivity index (χ2v) is 7.81. The number of amides is 1. The summed E-state index contributed by atoms with van der Waals surface area (Å²) >= 11 is 5.98. The van der Waals surface area contributed by atoms with Crippen LogP contribution in [0.15, 0.2) is 17.0 Å². The van der Waals surface area contributed by atoms with Gasteiger partial charge in [0.05, 0.1) is 10.7 Å². The van der Waals surface area contributed by atoms with E-state index < -0.39 is 26.6 Å². The van der Waals surface area contributed by atoms with Gasteiger partial charge in [0.25, 0.3) is 0 Å². The molecule has 0 saturated carbocycles. The van der Waals surface area contributed by atoms with Crippen LogP contribution in [0.5, 0.6) is 0 Å². The highest BCUT2D eigenvalue weighted by molar-refractivity contribution is 7.89. The van der Waals surface area contributed by atoms with Crippen LogP contribution in [-0.2, 0) is 14.8 Å². The lowest BCUT2D eigenvalue weighted by Crippen LogP contribution is -2.57. The molecule has 0 bridgehead atoms. The molecule has 1 aliphatic rings. The number of benzene rings is 1. The Morgan fingerprint density at radius 1 is 1.43 bits per heavy atom. The van der Waals surface area contributed by atoms with Crippen LogP contribution >= 0.6 is 11.6 Å². The van der Waals surface area contributed by atoms with E-state index in [9.17, 15) is 17.6 Å². The van der Waals surface area contributed by atoms with E-state index in [0.29, 0.717) is 6.54 Å². The first-order chi connectivity index (χ1) is 10.6. The molecule has 23 heavy (non-hydrogen) atoms. The third-order valence-corrected chi connectivity index (χ3v) is 6.21. The van der Waals surface area contributed by atoms with E-state index in [2.05, 4.69) is 10.6 Å². The molecule has 2 atom stereocenters. The maximum absolute atomic E-state index is 14.3. The highest BCUT2D eigenvalue weighted by Crippen LogP contribution is 2.31. The lowest BCUT2D eigenvalue weighted by Gasteiger charge is -2.37. The zero-order chi connectivity index (χ0) is 17.4. The van der Waals surface area contributed by atoms with Gasteiger partial charge in [0.1, 0.15) is 10.7 Å². The molecule has 0 aromatic heterocycles. The van der Waals surface area contributed by atoms with E-state index in [4.69, 9.17) is 11.6 Å². The van der Waals surface area contributed by atoms with E-state index in [0.717, 1.165) is 12.1 Å². The normalized spacial score (nSPS) is 22.8. The first-order valence-corrected chi connectivity index (χ1v) is 8.98. The summed E-state index contributed by atoms with van der Waals surface area (Å²) in [6.45, 7) is 5.63. The van der Waals surface area contributed by atoms with Crippen LogP contribution in [0.1, 0.15) is 20.8 Å². The van der Waals surface area contributed by atoms with E-state index >= 15 is 0 Å². The van der Waals surface area contributed by atoms with E-state index in [1.807, 2.05) is 6.92 Å². The molecule has 0 aliphatic carbocycles. The molecule has 2 unspecified atom stereocenters. The Bertz CT molecular complexity index is 726. The summed E-state index contributed by atoms with van der Waals surface area (Å²) in [5, 5.41) is 5.50. The maximum atomic E-state index is 14.3. The number of anilines is 1. The molecule has 2 N–H and O–H groups in total. The van der Waals surface area contributed by atoms with Gasteiger partial charge in [-0.15, -0.1) is 0 Å². The van der Waals surface area contributed by atoms with Gasteiger partial charge in [0, 0.05) is 38.2 Å². The van der Waals surface area contributed by atoms with E-state index in [-0.39, 0.29) is 29.3 Å². The second kappa shape index (κ2) is 6.72. The molecular formula is C14H19ClFN3O3S. The zero-order valence-electron chi connectivity index (χ0n) is 13.1. The van der Waals surface area contributed by atoms with Gasteiger partial charge in [-0.25, -0.2) is 12.8 Å². The monoisotopic (exact) mass is 363 g/mol. The van der Waals surface area contributed by atoms with Gasteiger partial charge in [-0.3, -0.25) is 4.79 Å². The first-order valence-electron chi connectivity index (χ1n) is 7.16. The Hall–Kier alpha value is -1.22. The fraction of sp³-hybridized carbons (Fsp3) is 0.500. The summed E-state index contributed by atoms with van der Waals surface area (Å²) in [7, 11) is -4.02. The minimum Gasteiger partial charge on any atom is -0.325 e. The standard InChI is InChI=1S/C14H19ClFN3O3S/c1-8-9(2)19(5-4-17-8)23(21,22)14-6-11(15)13(7-12(14)16)18-10(3)20/h6-9,17H,4-5H2,1-3H3,(H,18,20). The molecule has 1 saturated heterocycles. The summed E-state index contributed by atoms with van der Waals surface area (Å²) in [6.07, 6.45) is 0. The molecule has 1 fully saturated rings. The lowest BCUT2D eigenvalue weighted by molar-refractivity contribution is -0.114. The minimum absolute atomic E-state index is 0.0315. The largest absolute Gasteiger partial charge is 0.325 e. The van der Waals surface area contributed by atoms with Crippen molar-refractivity contribution in [3.8, 4) is 0 Å². The van der Waals surface area contributed by atoms with Crippen molar-refractivity contribution in [3.63, 3.8) is 0 Å². The van der Waals surface area contributed by atoms with Crippen molar-refractivity contribution in [2.24, 2.45) is 0 Å². The molecule has 6 nitrogen and oxygen atoms in total. The Balaban J connectivity index is 2.44. The van der Waals surface area contributed by atoms with E-state index in [1.165, 1.54) is 11.2 Å². The van der Waals surface area contributed by atoms with Gasteiger partial charge in [0.2, 0.25) is 15.9 Å². The number of sulfonamides is 1. The van der Waals surface area contributed by atoms with Crippen LogP contribution < -0.4 is 10.6 Å². The molecule has 2 rings (SSSR count). The highest BCUT2D eigenvalue weighted by Gasteiger charge is 2.36. The lowest BCUT2D eigenvalue weighted by atomic mass is 10.1. The topological polar surface area (TPSA) is 78.5 Å². The Labute approximate surface area is 140 Å². The number of nitrogens with one attached hydrogen (secondary N) is 2. The Kier molecular flexibility index (Phi) is 5.30. The Morgan fingerprint density at radius 2 is 2.09 bits per heavy atom. The number of rotatable bonds is 3. The van der Waals surface area contributed by atoms with Crippen molar-refractivity contribution in [1.82, 2.24) is 9.62 Å². The maximum Gasteiger partial charge on any atom is 0.246 e. The second-order valence-electron chi connectivity index (χ2n) is 5.54. The van der Waals surface area contributed by atoms with Crippen LogP contribution in [0.3, 0.4) is 0 Å². The third kappa shape index (κ3) is 3.65. The quantitative estimate of drug-likeness (QED) is 0.858. The van der Waals surface area contributed by atoms with Crippen molar-refractivity contribution in [3.05, 3.63) is 23.0 Å². The first kappa shape index (κ1) is 18.1. The number of piperazine rings is 1. The molecule has 1 aromatic rings. The summed E-state index contributed by atoms with van der Waals surface area (Å²) < 4.78 is 41.1. The van der Waals surface area contributed by atoms with Crippen LogP contribution in [0, 0.1) is 5.82 Å².